The second-order valence-corrected chi connectivity index (χ2v) is 5.13. The largest absolute Gasteiger partial charge is 0.461 e. The van der Waals surface area contributed by atoms with Gasteiger partial charge in [0.15, 0.2) is 0 Å². The van der Waals surface area contributed by atoms with Gasteiger partial charge >= 0.3 is 5.97 Å². The van der Waals surface area contributed by atoms with E-state index in [0.29, 0.717) is 24.2 Å². The first-order valence-corrected chi connectivity index (χ1v) is 7.55. The predicted octanol–water partition coefficient (Wildman–Crippen LogP) is 2.05. The molecule has 3 heterocycles. The molecular formula is C15H17N5O4. The summed E-state index contributed by atoms with van der Waals surface area (Å²) in [5.41, 5.74) is 2.20. The summed E-state index contributed by atoms with van der Waals surface area (Å²) in [4.78, 5) is 20.1. The standard InChI is InChI=1S/C15H17N5O4/c1-4-22-15(21)12-11-13(17-7-18-14(11)24-20-12)16-6-5-10-8(2)19-23-9(10)3/h7H,4-6H2,1-3H3,(H,16,17,18). The van der Waals surface area contributed by atoms with Gasteiger partial charge in [0, 0.05) is 12.1 Å². The lowest BCUT2D eigenvalue weighted by atomic mass is 10.1. The quantitative estimate of drug-likeness (QED) is 0.677. The molecule has 0 fully saturated rings. The van der Waals surface area contributed by atoms with Crippen molar-refractivity contribution in [1.29, 1.82) is 0 Å². The van der Waals surface area contributed by atoms with Crippen LogP contribution < -0.4 is 5.32 Å². The van der Waals surface area contributed by atoms with Gasteiger partial charge in [-0.15, -0.1) is 0 Å². The number of hydrogen-bond donors (Lipinski definition) is 1. The summed E-state index contributed by atoms with van der Waals surface area (Å²) in [5.74, 6) is 0.690. The fraction of sp³-hybridized carbons (Fsp3) is 0.400. The first kappa shape index (κ1) is 15.9. The van der Waals surface area contributed by atoms with E-state index in [-0.39, 0.29) is 18.0 Å². The molecule has 0 unspecified atom stereocenters. The molecule has 0 aliphatic heterocycles. The number of anilines is 1. The normalized spacial score (nSPS) is 11.0. The molecule has 3 aromatic heterocycles. The number of aryl methyl sites for hydroxylation is 2. The van der Waals surface area contributed by atoms with Crippen molar-refractivity contribution in [3.63, 3.8) is 0 Å². The number of esters is 1. The van der Waals surface area contributed by atoms with Crippen LogP contribution in [0, 0.1) is 13.8 Å². The minimum Gasteiger partial charge on any atom is -0.461 e. The van der Waals surface area contributed by atoms with Crippen LogP contribution in [0.25, 0.3) is 11.1 Å². The lowest BCUT2D eigenvalue weighted by Crippen LogP contribution is -2.10. The van der Waals surface area contributed by atoms with E-state index in [4.69, 9.17) is 13.8 Å². The Hall–Kier alpha value is -2.97. The molecule has 24 heavy (non-hydrogen) atoms. The van der Waals surface area contributed by atoms with Crippen LogP contribution in [0.5, 0.6) is 0 Å². The number of rotatable bonds is 6. The monoisotopic (exact) mass is 331 g/mol. The van der Waals surface area contributed by atoms with Crippen molar-refractivity contribution in [2.45, 2.75) is 27.2 Å². The number of carbonyl (C=O) groups is 1. The second kappa shape index (κ2) is 6.65. The smallest absolute Gasteiger partial charge is 0.361 e. The summed E-state index contributed by atoms with van der Waals surface area (Å²) in [6.07, 6.45) is 2.05. The maximum absolute atomic E-state index is 12.0. The summed E-state index contributed by atoms with van der Waals surface area (Å²) in [5, 5.41) is 11.3. The van der Waals surface area contributed by atoms with Crippen molar-refractivity contribution in [2.75, 3.05) is 18.5 Å². The van der Waals surface area contributed by atoms with Crippen molar-refractivity contribution >= 4 is 22.9 Å². The molecule has 1 N–H and O–H groups in total. The zero-order chi connectivity index (χ0) is 17.1. The van der Waals surface area contributed by atoms with Crippen molar-refractivity contribution in [2.24, 2.45) is 0 Å². The summed E-state index contributed by atoms with van der Waals surface area (Å²) in [6, 6.07) is 0. The topological polar surface area (TPSA) is 116 Å². The van der Waals surface area contributed by atoms with Gasteiger partial charge < -0.3 is 19.1 Å². The number of aromatic nitrogens is 4. The average Bonchev–Trinajstić information content (AvgIpc) is 3.13. The highest BCUT2D eigenvalue weighted by atomic mass is 16.5. The molecular weight excluding hydrogens is 314 g/mol. The van der Waals surface area contributed by atoms with Crippen LogP contribution in [0.3, 0.4) is 0 Å². The third-order valence-corrected chi connectivity index (χ3v) is 3.59. The fourth-order valence-electron chi connectivity index (χ4n) is 2.42. The Balaban J connectivity index is 1.81. The maximum atomic E-state index is 12.0. The van der Waals surface area contributed by atoms with Gasteiger partial charge in [-0.25, -0.2) is 9.78 Å². The van der Waals surface area contributed by atoms with E-state index >= 15 is 0 Å². The molecule has 126 valence electrons. The van der Waals surface area contributed by atoms with Gasteiger partial charge in [-0.05, 0) is 27.2 Å². The molecule has 0 atom stereocenters. The molecule has 9 heteroatoms. The van der Waals surface area contributed by atoms with E-state index in [9.17, 15) is 4.79 Å². The van der Waals surface area contributed by atoms with E-state index in [0.717, 1.165) is 17.0 Å². The lowest BCUT2D eigenvalue weighted by molar-refractivity contribution is 0.0517. The van der Waals surface area contributed by atoms with E-state index in [1.807, 2.05) is 13.8 Å². The van der Waals surface area contributed by atoms with Crippen LogP contribution in [-0.2, 0) is 11.2 Å². The highest BCUT2D eigenvalue weighted by molar-refractivity contribution is 6.04. The molecule has 0 aliphatic carbocycles. The van der Waals surface area contributed by atoms with Gasteiger partial charge in [0.25, 0.3) is 5.71 Å². The molecule has 0 bridgehead atoms. The number of carbonyl (C=O) groups excluding carboxylic acids is 1. The van der Waals surface area contributed by atoms with E-state index in [2.05, 4.69) is 25.6 Å². The Morgan fingerprint density at radius 3 is 2.79 bits per heavy atom. The highest BCUT2D eigenvalue weighted by Gasteiger charge is 2.22. The molecule has 0 aromatic carbocycles. The predicted molar refractivity (Wildman–Crippen MR) is 83.7 cm³/mol. The number of fused-ring (bicyclic) bond motifs is 1. The van der Waals surface area contributed by atoms with Crippen LogP contribution in [0.2, 0.25) is 0 Å². The molecule has 3 aromatic rings. The van der Waals surface area contributed by atoms with E-state index in [1.165, 1.54) is 6.33 Å². The Morgan fingerprint density at radius 2 is 2.08 bits per heavy atom. The zero-order valence-corrected chi connectivity index (χ0v) is 13.6. The maximum Gasteiger partial charge on any atom is 0.361 e. The summed E-state index contributed by atoms with van der Waals surface area (Å²) >= 11 is 0. The first-order chi connectivity index (χ1) is 11.6. The van der Waals surface area contributed by atoms with Crippen LogP contribution >= 0.6 is 0 Å². The molecule has 0 amide bonds. The Kier molecular flexibility index (Phi) is 4.41. The molecule has 0 aliphatic rings. The van der Waals surface area contributed by atoms with Crippen molar-refractivity contribution < 1.29 is 18.6 Å². The van der Waals surface area contributed by atoms with Gasteiger partial charge in [0.1, 0.15) is 23.3 Å². The van der Waals surface area contributed by atoms with Gasteiger partial charge in [-0.3, -0.25) is 0 Å². The molecule has 0 saturated carbocycles. The number of nitrogens with one attached hydrogen (secondary N) is 1. The van der Waals surface area contributed by atoms with Crippen LogP contribution in [0.4, 0.5) is 5.82 Å². The Morgan fingerprint density at radius 1 is 1.25 bits per heavy atom. The van der Waals surface area contributed by atoms with Crippen LogP contribution in [-0.4, -0.2) is 39.4 Å². The fourth-order valence-corrected chi connectivity index (χ4v) is 2.42. The van der Waals surface area contributed by atoms with Crippen molar-refractivity contribution in [1.82, 2.24) is 20.3 Å². The van der Waals surface area contributed by atoms with Gasteiger partial charge in [0.05, 0.1) is 12.3 Å². The Labute approximate surface area is 137 Å². The summed E-state index contributed by atoms with van der Waals surface area (Å²) < 4.78 is 15.2. The number of nitrogens with zero attached hydrogens (tertiary/aromatic N) is 4. The zero-order valence-electron chi connectivity index (χ0n) is 13.6. The van der Waals surface area contributed by atoms with Crippen LogP contribution in [0.15, 0.2) is 15.4 Å². The number of hydrogen-bond acceptors (Lipinski definition) is 9. The lowest BCUT2D eigenvalue weighted by Gasteiger charge is -2.06. The third-order valence-electron chi connectivity index (χ3n) is 3.59. The average molecular weight is 331 g/mol. The van der Waals surface area contributed by atoms with Crippen molar-refractivity contribution in [3.05, 3.63) is 29.0 Å². The minimum atomic E-state index is -0.570. The molecule has 0 radical (unpaired) electrons. The van der Waals surface area contributed by atoms with Gasteiger partial charge in [0.2, 0.25) is 5.69 Å². The van der Waals surface area contributed by atoms with Crippen molar-refractivity contribution in [3.8, 4) is 0 Å². The van der Waals surface area contributed by atoms with Crippen LogP contribution in [0.1, 0.15) is 34.4 Å². The Bertz CT molecular complexity index is 851. The molecule has 9 nitrogen and oxygen atoms in total. The van der Waals surface area contributed by atoms with Gasteiger partial charge in [-0.1, -0.05) is 10.3 Å². The summed E-state index contributed by atoms with van der Waals surface area (Å²) in [6.45, 7) is 6.31. The third kappa shape index (κ3) is 2.92. The highest BCUT2D eigenvalue weighted by Crippen LogP contribution is 2.24. The number of ether oxygens (including phenoxy) is 1. The molecule has 3 rings (SSSR count). The van der Waals surface area contributed by atoms with E-state index in [1.54, 1.807) is 6.92 Å². The minimum absolute atomic E-state index is 0.0623. The first-order valence-electron chi connectivity index (χ1n) is 7.55. The van der Waals surface area contributed by atoms with Gasteiger partial charge in [-0.2, -0.15) is 4.98 Å². The SMILES string of the molecule is CCOC(=O)c1noc2ncnc(NCCc3c(C)noc3C)c12. The molecule has 0 spiro atoms. The molecule has 0 saturated heterocycles. The van der Waals surface area contributed by atoms with E-state index < -0.39 is 5.97 Å². The second-order valence-electron chi connectivity index (χ2n) is 5.13. The summed E-state index contributed by atoms with van der Waals surface area (Å²) in [7, 11) is 0.